The number of carbonyl (C=O) groups excluding carboxylic acids is 2. The zero-order valence-corrected chi connectivity index (χ0v) is 24.1. The van der Waals surface area contributed by atoms with E-state index in [1.54, 1.807) is 0 Å². The van der Waals surface area contributed by atoms with Crippen LogP contribution in [0.2, 0.25) is 0 Å². The maximum atomic E-state index is 12.3. The third-order valence-corrected chi connectivity index (χ3v) is 7.00. The molecule has 230 valence electrons. The topological polar surface area (TPSA) is 152 Å². The summed E-state index contributed by atoms with van der Waals surface area (Å²) in [5.41, 5.74) is 0. The predicted molar refractivity (Wildman–Crippen MR) is 146 cm³/mol. The fourth-order valence-corrected chi connectivity index (χ4v) is 4.47. The van der Waals surface area contributed by atoms with Gasteiger partial charge < -0.3 is 39.4 Å². The first-order valence-electron chi connectivity index (χ1n) is 15.1. The normalized spacial score (nSPS) is 23.2. The van der Waals surface area contributed by atoms with Crippen LogP contribution in [0, 0.1) is 0 Å². The molecule has 0 aliphatic carbocycles. The minimum Gasteiger partial charge on any atom is -0.463 e. The van der Waals surface area contributed by atoms with Crippen molar-refractivity contribution in [3.63, 3.8) is 0 Å². The average molecular weight is 563 g/mol. The number of ether oxygens (including phenoxy) is 4. The highest BCUT2D eigenvalue weighted by Gasteiger charge is 2.45. The number of esters is 2. The summed E-state index contributed by atoms with van der Waals surface area (Å²) in [7, 11) is 0. The summed E-state index contributed by atoms with van der Waals surface area (Å²) in [5.74, 6) is -0.805. The standard InChI is InChI=1S/C29H54O10/c1-3-5-7-9-11-13-15-17-24(31)36-20-22(21-37-25(32)18-16-14-12-10-8-6-4-2)38-29-28(35)27(34)26(33)23(19-30)39-29/h22-23,26-30,33-35H,3-21H2,1-2H3/t23-,26-,27+,28-,29-/m1/s1. The lowest BCUT2D eigenvalue weighted by atomic mass is 9.99. The molecule has 0 radical (unpaired) electrons. The molecule has 10 heteroatoms. The molecule has 0 bridgehead atoms. The molecule has 1 aliphatic heterocycles. The molecule has 0 unspecified atom stereocenters. The van der Waals surface area contributed by atoms with E-state index in [1.165, 1.54) is 38.5 Å². The SMILES string of the molecule is CCCCCCCCCC(=O)OCC(COC(=O)CCCCCCCCC)O[C@@H]1O[C@H](CO)[C@@H](O)[C@H](O)[C@H]1O. The van der Waals surface area contributed by atoms with Crippen molar-refractivity contribution in [3.8, 4) is 0 Å². The molecule has 0 aromatic rings. The molecule has 0 aromatic carbocycles. The zero-order valence-electron chi connectivity index (χ0n) is 24.1. The highest BCUT2D eigenvalue weighted by atomic mass is 16.7. The summed E-state index contributed by atoms with van der Waals surface area (Å²) in [4.78, 5) is 24.5. The Balaban J connectivity index is 2.53. The molecule has 10 nitrogen and oxygen atoms in total. The van der Waals surface area contributed by atoms with Gasteiger partial charge >= 0.3 is 11.9 Å². The maximum absolute atomic E-state index is 12.3. The largest absolute Gasteiger partial charge is 0.463 e. The van der Waals surface area contributed by atoms with Crippen molar-refractivity contribution in [1.29, 1.82) is 0 Å². The average Bonchev–Trinajstić information content (AvgIpc) is 2.93. The first kappa shape index (κ1) is 35.7. The van der Waals surface area contributed by atoms with E-state index >= 15 is 0 Å². The molecule has 1 saturated heterocycles. The molecule has 0 saturated carbocycles. The van der Waals surface area contributed by atoms with Crippen LogP contribution in [0.25, 0.3) is 0 Å². The molecule has 1 heterocycles. The monoisotopic (exact) mass is 562 g/mol. The summed E-state index contributed by atoms with van der Waals surface area (Å²) in [5, 5.41) is 39.8. The lowest BCUT2D eigenvalue weighted by Gasteiger charge is -2.40. The molecule has 1 fully saturated rings. The van der Waals surface area contributed by atoms with E-state index < -0.39 is 55.4 Å². The molecule has 0 amide bonds. The third kappa shape index (κ3) is 15.9. The number of aliphatic hydroxyl groups excluding tert-OH is 4. The van der Waals surface area contributed by atoms with Crippen LogP contribution in [0.15, 0.2) is 0 Å². The van der Waals surface area contributed by atoms with Crippen molar-refractivity contribution in [2.45, 2.75) is 153 Å². The second kappa shape index (κ2) is 22.4. The van der Waals surface area contributed by atoms with Crippen LogP contribution in [0.4, 0.5) is 0 Å². The van der Waals surface area contributed by atoms with E-state index in [0.717, 1.165) is 51.4 Å². The van der Waals surface area contributed by atoms with Crippen LogP contribution >= 0.6 is 0 Å². The van der Waals surface area contributed by atoms with E-state index in [-0.39, 0.29) is 26.1 Å². The van der Waals surface area contributed by atoms with Crippen molar-refractivity contribution < 1.29 is 49.0 Å². The molecule has 39 heavy (non-hydrogen) atoms. The van der Waals surface area contributed by atoms with Gasteiger partial charge in [-0.05, 0) is 12.8 Å². The third-order valence-electron chi connectivity index (χ3n) is 7.00. The highest BCUT2D eigenvalue weighted by Crippen LogP contribution is 2.23. The Labute approximate surface area is 234 Å². The van der Waals surface area contributed by atoms with Crippen LogP contribution in [0.1, 0.15) is 117 Å². The van der Waals surface area contributed by atoms with Crippen molar-refractivity contribution in [1.82, 2.24) is 0 Å². The van der Waals surface area contributed by atoms with E-state index in [0.29, 0.717) is 0 Å². The van der Waals surface area contributed by atoms with Gasteiger partial charge in [0.2, 0.25) is 0 Å². The van der Waals surface area contributed by atoms with Gasteiger partial charge in [-0.1, -0.05) is 90.9 Å². The van der Waals surface area contributed by atoms with Crippen molar-refractivity contribution in [2.24, 2.45) is 0 Å². The highest BCUT2D eigenvalue weighted by molar-refractivity contribution is 5.69. The van der Waals surface area contributed by atoms with Gasteiger partial charge in [0.1, 0.15) is 43.7 Å². The van der Waals surface area contributed by atoms with E-state index in [1.807, 2.05) is 0 Å². The van der Waals surface area contributed by atoms with Gasteiger partial charge in [0, 0.05) is 12.8 Å². The molecule has 0 spiro atoms. The lowest BCUT2D eigenvalue weighted by Crippen LogP contribution is -2.60. The molecule has 1 aliphatic rings. The molecule has 5 atom stereocenters. The minimum absolute atomic E-state index is 0.241. The number of hydrogen-bond donors (Lipinski definition) is 4. The van der Waals surface area contributed by atoms with Crippen LogP contribution in [-0.2, 0) is 28.5 Å². The van der Waals surface area contributed by atoms with Crippen LogP contribution in [0.5, 0.6) is 0 Å². The number of unbranched alkanes of at least 4 members (excludes halogenated alkanes) is 12. The summed E-state index contributed by atoms with van der Waals surface area (Å²) < 4.78 is 21.8. The zero-order chi connectivity index (χ0) is 28.9. The first-order valence-corrected chi connectivity index (χ1v) is 15.1. The van der Waals surface area contributed by atoms with Gasteiger partial charge in [-0.15, -0.1) is 0 Å². The Morgan fingerprint density at radius 2 is 1.10 bits per heavy atom. The number of rotatable bonds is 23. The van der Waals surface area contributed by atoms with Gasteiger partial charge in [-0.2, -0.15) is 0 Å². The Kier molecular flexibility index (Phi) is 20.5. The lowest BCUT2D eigenvalue weighted by molar-refractivity contribution is -0.315. The fraction of sp³-hybridized carbons (Fsp3) is 0.931. The molecular weight excluding hydrogens is 508 g/mol. The summed E-state index contributed by atoms with van der Waals surface area (Å²) in [6.07, 6.45) is 7.25. The Bertz CT molecular complexity index is 595. The number of carbonyl (C=O) groups is 2. The minimum atomic E-state index is -1.61. The summed E-state index contributed by atoms with van der Waals surface area (Å²) >= 11 is 0. The summed E-state index contributed by atoms with van der Waals surface area (Å²) in [6, 6.07) is 0. The predicted octanol–water partition coefficient (Wildman–Crippen LogP) is 3.54. The van der Waals surface area contributed by atoms with E-state index in [9.17, 15) is 30.0 Å². The van der Waals surface area contributed by atoms with E-state index in [4.69, 9.17) is 18.9 Å². The van der Waals surface area contributed by atoms with Crippen LogP contribution in [0.3, 0.4) is 0 Å². The summed E-state index contributed by atoms with van der Waals surface area (Å²) in [6.45, 7) is 3.25. The molecule has 4 N–H and O–H groups in total. The fourth-order valence-electron chi connectivity index (χ4n) is 4.47. The Morgan fingerprint density at radius 1 is 0.667 bits per heavy atom. The van der Waals surface area contributed by atoms with Crippen molar-refractivity contribution in [2.75, 3.05) is 19.8 Å². The smallest absolute Gasteiger partial charge is 0.305 e. The van der Waals surface area contributed by atoms with Crippen molar-refractivity contribution >= 4 is 11.9 Å². The van der Waals surface area contributed by atoms with Crippen LogP contribution in [-0.4, -0.2) is 89.0 Å². The van der Waals surface area contributed by atoms with Gasteiger partial charge in [-0.25, -0.2) is 0 Å². The van der Waals surface area contributed by atoms with Gasteiger partial charge in [0.25, 0.3) is 0 Å². The number of hydrogen-bond acceptors (Lipinski definition) is 10. The van der Waals surface area contributed by atoms with Gasteiger partial charge in [0.15, 0.2) is 6.29 Å². The Hall–Kier alpha value is -1.30. The maximum Gasteiger partial charge on any atom is 0.305 e. The number of aliphatic hydroxyl groups is 4. The van der Waals surface area contributed by atoms with E-state index in [2.05, 4.69) is 13.8 Å². The first-order chi connectivity index (χ1) is 18.8. The second-order valence-electron chi connectivity index (χ2n) is 10.6. The Morgan fingerprint density at radius 3 is 1.54 bits per heavy atom. The van der Waals surface area contributed by atoms with Gasteiger partial charge in [-0.3, -0.25) is 9.59 Å². The quantitative estimate of drug-likeness (QED) is 0.107. The molecule has 1 rings (SSSR count). The second-order valence-corrected chi connectivity index (χ2v) is 10.6. The van der Waals surface area contributed by atoms with Crippen LogP contribution < -0.4 is 0 Å². The van der Waals surface area contributed by atoms with Crippen molar-refractivity contribution in [3.05, 3.63) is 0 Å². The molecule has 0 aromatic heterocycles. The van der Waals surface area contributed by atoms with Gasteiger partial charge in [0.05, 0.1) is 6.61 Å². The molecular formula is C29H54O10.